The summed E-state index contributed by atoms with van der Waals surface area (Å²) < 4.78 is 15.2. The first-order valence-corrected chi connectivity index (χ1v) is 12.1. The number of Topliss-reactive ketones (excluding diaryl/α,β-unsaturated/α-hetero) is 2. The van der Waals surface area contributed by atoms with Gasteiger partial charge in [-0.3, -0.25) is 19.2 Å². The minimum absolute atomic E-state index is 0.0241. The molecule has 0 spiro atoms. The number of anilines is 1. The summed E-state index contributed by atoms with van der Waals surface area (Å²) in [6.07, 6.45) is 0.273. The van der Waals surface area contributed by atoms with Crippen LogP contribution in [0.5, 0.6) is 5.75 Å². The summed E-state index contributed by atoms with van der Waals surface area (Å²) in [6, 6.07) is -0.679. The average Bonchev–Trinajstić information content (AvgIpc) is 2.85. The highest BCUT2D eigenvalue weighted by Crippen LogP contribution is 2.52. The SMILES string of the molecule is CC[C@@H](C)NCC(=O)Nc1cc(F)c2c(c1O)C(O)=C1C(=O)[C@]3(O)C(O)=C(C(N)=O)C(=O)[C@@H](N)[C@@H]3C[C@@H]1C2. The second-order valence-corrected chi connectivity index (χ2v) is 9.93. The Bertz CT molecular complexity index is 1340. The van der Waals surface area contributed by atoms with E-state index < -0.39 is 86.7 Å². The van der Waals surface area contributed by atoms with E-state index in [-0.39, 0.29) is 36.7 Å². The molecule has 1 saturated carbocycles. The van der Waals surface area contributed by atoms with Crippen LogP contribution >= 0.6 is 0 Å². The lowest BCUT2D eigenvalue weighted by atomic mass is 9.58. The molecular formula is C25H29FN4O8. The van der Waals surface area contributed by atoms with Gasteiger partial charge in [0.05, 0.1) is 23.8 Å². The molecule has 0 unspecified atom stereocenters. The van der Waals surface area contributed by atoms with E-state index in [0.717, 1.165) is 12.5 Å². The fraction of sp³-hybridized carbons (Fsp3) is 0.440. The van der Waals surface area contributed by atoms with E-state index in [0.29, 0.717) is 0 Å². The van der Waals surface area contributed by atoms with E-state index >= 15 is 4.39 Å². The van der Waals surface area contributed by atoms with Gasteiger partial charge in [-0.2, -0.15) is 0 Å². The van der Waals surface area contributed by atoms with Crippen molar-refractivity contribution in [1.82, 2.24) is 5.32 Å². The first kappa shape index (κ1) is 27.2. The maximum absolute atomic E-state index is 15.2. The van der Waals surface area contributed by atoms with Crippen LogP contribution in [0.2, 0.25) is 0 Å². The number of aliphatic hydroxyl groups is 3. The Morgan fingerprint density at radius 2 is 1.92 bits per heavy atom. The van der Waals surface area contributed by atoms with Gasteiger partial charge < -0.3 is 42.5 Å². The van der Waals surface area contributed by atoms with Gasteiger partial charge in [0.2, 0.25) is 11.7 Å². The summed E-state index contributed by atoms with van der Waals surface area (Å²) in [7, 11) is 0. The molecule has 3 aliphatic rings. The van der Waals surface area contributed by atoms with Crippen LogP contribution in [-0.2, 0) is 25.6 Å². The average molecular weight is 533 g/mol. The van der Waals surface area contributed by atoms with Crippen molar-refractivity contribution in [2.75, 3.05) is 11.9 Å². The van der Waals surface area contributed by atoms with Crippen LogP contribution in [0.4, 0.5) is 10.1 Å². The number of hydrogen-bond donors (Lipinski definition) is 8. The largest absolute Gasteiger partial charge is 0.508 e. The van der Waals surface area contributed by atoms with Gasteiger partial charge in [0.1, 0.15) is 22.9 Å². The molecule has 0 aromatic heterocycles. The number of aliphatic hydroxyl groups excluding tert-OH is 2. The number of aromatic hydroxyl groups is 1. The lowest BCUT2D eigenvalue weighted by Crippen LogP contribution is -2.65. The van der Waals surface area contributed by atoms with Crippen molar-refractivity contribution in [3.8, 4) is 5.75 Å². The van der Waals surface area contributed by atoms with Gasteiger partial charge in [-0.15, -0.1) is 0 Å². The molecule has 0 radical (unpaired) electrons. The van der Waals surface area contributed by atoms with E-state index in [9.17, 15) is 39.6 Å². The van der Waals surface area contributed by atoms with Crippen LogP contribution in [0.1, 0.15) is 37.8 Å². The molecule has 0 aliphatic heterocycles. The predicted octanol–water partition coefficient (Wildman–Crippen LogP) is -0.173. The number of amides is 2. The number of primary amides is 1. The zero-order valence-electron chi connectivity index (χ0n) is 20.7. The van der Waals surface area contributed by atoms with Gasteiger partial charge in [-0.05, 0) is 32.1 Å². The Hall–Kier alpha value is -3.81. The second-order valence-electron chi connectivity index (χ2n) is 9.93. The van der Waals surface area contributed by atoms with Crippen molar-refractivity contribution in [3.05, 3.63) is 39.9 Å². The number of carbonyl (C=O) groups is 4. The summed E-state index contributed by atoms with van der Waals surface area (Å²) >= 11 is 0. The van der Waals surface area contributed by atoms with Gasteiger partial charge in [0, 0.05) is 29.2 Å². The molecule has 2 amide bonds. The van der Waals surface area contributed by atoms with Gasteiger partial charge in [0.25, 0.3) is 5.91 Å². The zero-order chi connectivity index (χ0) is 28.3. The predicted molar refractivity (Wildman–Crippen MR) is 131 cm³/mol. The number of nitrogens with two attached hydrogens (primary N) is 2. The number of benzene rings is 1. The number of ketones is 2. The number of nitrogens with one attached hydrogen (secondary N) is 2. The second kappa shape index (κ2) is 9.49. The smallest absolute Gasteiger partial charge is 0.255 e. The highest BCUT2D eigenvalue weighted by atomic mass is 19.1. The lowest BCUT2D eigenvalue weighted by molar-refractivity contribution is -0.149. The Kier molecular flexibility index (Phi) is 6.80. The fourth-order valence-electron chi connectivity index (χ4n) is 5.44. The maximum atomic E-state index is 15.2. The monoisotopic (exact) mass is 532 g/mol. The van der Waals surface area contributed by atoms with Crippen LogP contribution in [0.25, 0.3) is 5.76 Å². The number of rotatable bonds is 6. The molecule has 12 nitrogen and oxygen atoms in total. The van der Waals surface area contributed by atoms with Gasteiger partial charge >= 0.3 is 0 Å². The van der Waals surface area contributed by atoms with Crippen molar-refractivity contribution < 1.29 is 44.0 Å². The molecule has 3 aliphatic carbocycles. The number of halogens is 1. The minimum atomic E-state index is -2.86. The number of phenols is 1. The first-order chi connectivity index (χ1) is 17.7. The molecular weight excluding hydrogens is 503 g/mol. The molecule has 1 aromatic rings. The molecule has 10 N–H and O–H groups in total. The topological polar surface area (TPSA) is 225 Å². The number of phenolic OH excluding ortho intramolecular Hbond substituents is 1. The third-order valence-corrected chi connectivity index (χ3v) is 7.69. The molecule has 5 atom stereocenters. The van der Waals surface area contributed by atoms with Gasteiger partial charge in [-0.1, -0.05) is 6.92 Å². The summed E-state index contributed by atoms with van der Waals surface area (Å²) in [5.41, 5.74) is 5.79. The van der Waals surface area contributed by atoms with Crippen LogP contribution in [0.3, 0.4) is 0 Å². The lowest BCUT2D eigenvalue weighted by Gasteiger charge is -2.48. The molecule has 0 saturated heterocycles. The molecule has 13 heteroatoms. The van der Waals surface area contributed by atoms with Crippen molar-refractivity contribution >= 4 is 34.8 Å². The normalized spacial score (nSPS) is 27.4. The van der Waals surface area contributed by atoms with E-state index in [1.54, 1.807) is 0 Å². The van der Waals surface area contributed by atoms with Crippen molar-refractivity contribution in [3.63, 3.8) is 0 Å². The third-order valence-electron chi connectivity index (χ3n) is 7.69. The Balaban J connectivity index is 1.80. The van der Waals surface area contributed by atoms with Crippen molar-refractivity contribution in [2.45, 2.75) is 50.8 Å². The highest BCUT2D eigenvalue weighted by Gasteiger charge is 2.63. The fourth-order valence-corrected chi connectivity index (χ4v) is 5.44. The van der Waals surface area contributed by atoms with Crippen LogP contribution in [0.15, 0.2) is 23.0 Å². The van der Waals surface area contributed by atoms with Gasteiger partial charge in [0.15, 0.2) is 17.1 Å². The standard InChI is InChI=1S/C25H29FN4O8/c1-3-8(2)29-7-14(31)30-13-6-12(26)10-4-9-5-11-18(27)21(34)17(24(28)37)23(36)25(11,38)22(35)15(9)20(33)16(10)19(13)32/h6,8-9,11,18,29,32-33,36,38H,3-5,7,27H2,1-2H3,(H2,28,37)(H,30,31)/t8-,9+,11+,18+,25+/m1/s1. The molecule has 38 heavy (non-hydrogen) atoms. The van der Waals surface area contributed by atoms with Crippen molar-refractivity contribution in [2.24, 2.45) is 23.3 Å². The Labute approximate surface area is 216 Å². The summed E-state index contributed by atoms with van der Waals surface area (Å²) in [6.45, 7) is 3.64. The Morgan fingerprint density at radius 3 is 2.53 bits per heavy atom. The highest BCUT2D eigenvalue weighted by molar-refractivity contribution is 6.24. The molecule has 1 aromatic carbocycles. The molecule has 0 heterocycles. The summed E-state index contributed by atoms with van der Waals surface area (Å²) in [5, 5.41) is 49.2. The van der Waals surface area contributed by atoms with E-state index in [2.05, 4.69) is 10.6 Å². The number of fused-ring (bicyclic) bond motifs is 3. The molecule has 1 fully saturated rings. The zero-order valence-corrected chi connectivity index (χ0v) is 20.7. The number of hydrogen-bond acceptors (Lipinski definition) is 10. The quantitative estimate of drug-likeness (QED) is 0.178. The number of carbonyl (C=O) groups excluding carboxylic acids is 4. The maximum Gasteiger partial charge on any atom is 0.255 e. The van der Waals surface area contributed by atoms with E-state index in [1.165, 1.54) is 0 Å². The van der Waals surface area contributed by atoms with E-state index in [1.807, 2.05) is 13.8 Å². The summed E-state index contributed by atoms with van der Waals surface area (Å²) in [4.78, 5) is 50.3. The van der Waals surface area contributed by atoms with Crippen LogP contribution < -0.4 is 22.1 Å². The first-order valence-electron chi connectivity index (χ1n) is 12.1. The molecule has 0 bridgehead atoms. The molecule has 204 valence electrons. The van der Waals surface area contributed by atoms with E-state index in [4.69, 9.17) is 11.5 Å². The third kappa shape index (κ3) is 3.94. The summed E-state index contributed by atoms with van der Waals surface area (Å²) in [5.74, 6) is -10.4. The Morgan fingerprint density at radius 1 is 1.26 bits per heavy atom. The van der Waals surface area contributed by atoms with Crippen LogP contribution in [-0.4, -0.2) is 68.0 Å². The minimum Gasteiger partial charge on any atom is -0.508 e. The van der Waals surface area contributed by atoms with Crippen LogP contribution in [0, 0.1) is 17.7 Å². The van der Waals surface area contributed by atoms with Gasteiger partial charge in [-0.25, -0.2) is 4.39 Å². The molecule has 4 rings (SSSR count). The van der Waals surface area contributed by atoms with Crippen molar-refractivity contribution in [1.29, 1.82) is 0 Å².